The molecule has 188 valence electrons. The van der Waals surface area contributed by atoms with Crippen molar-refractivity contribution in [2.45, 2.75) is 32.7 Å². The zero-order valence-corrected chi connectivity index (χ0v) is 22.1. The first-order chi connectivity index (χ1) is 17.3. The maximum atomic E-state index is 13.7. The summed E-state index contributed by atoms with van der Waals surface area (Å²) in [6.45, 7) is 3.84. The van der Waals surface area contributed by atoms with Gasteiger partial charge in [0.2, 0.25) is 0 Å². The Labute approximate surface area is 217 Å². The average Bonchev–Trinajstić information content (AvgIpc) is 3.43. The van der Waals surface area contributed by atoms with Crippen LogP contribution in [0, 0.1) is 10.1 Å². The number of fused-ring (bicyclic) bond motifs is 1. The maximum Gasteiger partial charge on any atom is 0.433 e. The first kappa shape index (κ1) is 25.6. The van der Waals surface area contributed by atoms with Crippen LogP contribution in [0.3, 0.4) is 0 Å². The largest absolute Gasteiger partial charge is 0.496 e. The number of esters is 1. The third-order valence-corrected chi connectivity index (χ3v) is 6.92. The smallest absolute Gasteiger partial charge is 0.433 e. The molecule has 0 bridgehead atoms. The van der Waals surface area contributed by atoms with Crippen LogP contribution in [0.5, 0.6) is 5.75 Å². The highest BCUT2D eigenvalue weighted by atomic mass is 79.9. The topological polar surface area (TPSA) is 126 Å². The summed E-state index contributed by atoms with van der Waals surface area (Å²) in [5, 5.41) is 11.0. The second-order valence-electron chi connectivity index (χ2n) is 7.73. The van der Waals surface area contributed by atoms with Crippen molar-refractivity contribution in [3.63, 3.8) is 0 Å². The predicted molar refractivity (Wildman–Crippen MR) is 136 cm³/mol. The van der Waals surface area contributed by atoms with Crippen molar-refractivity contribution in [3.8, 4) is 5.75 Å². The molecule has 1 aliphatic rings. The molecule has 3 aromatic rings. The van der Waals surface area contributed by atoms with E-state index in [-0.39, 0.29) is 22.5 Å². The lowest BCUT2D eigenvalue weighted by atomic mass is 9.93. The molecule has 0 fully saturated rings. The summed E-state index contributed by atoms with van der Waals surface area (Å²) in [5.74, 6) is -0.353. The first-order valence-electron chi connectivity index (χ1n) is 11.1. The van der Waals surface area contributed by atoms with Crippen LogP contribution in [0.25, 0.3) is 6.08 Å². The molecule has 2 aromatic heterocycles. The molecule has 0 saturated heterocycles. The fourth-order valence-electron chi connectivity index (χ4n) is 3.98. The Balaban J connectivity index is 2.03. The second kappa shape index (κ2) is 10.6. The molecule has 12 heteroatoms. The number of nitrogens with zero attached hydrogens (tertiary/aromatic N) is 3. The minimum Gasteiger partial charge on any atom is -0.496 e. The lowest BCUT2D eigenvalue weighted by molar-refractivity contribution is -0.402. The van der Waals surface area contributed by atoms with Gasteiger partial charge in [0, 0.05) is 16.1 Å². The molecule has 3 heterocycles. The van der Waals surface area contributed by atoms with E-state index in [0.29, 0.717) is 34.7 Å². The van der Waals surface area contributed by atoms with Crippen LogP contribution in [0.1, 0.15) is 44.1 Å². The van der Waals surface area contributed by atoms with Gasteiger partial charge in [-0.2, -0.15) is 0 Å². The van der Waals surface area contributed by atoms with Gasteiger partial charge in [-0.15, -0.1) is 0 Å². The summed E-state index contributed by atoms with van der Waals surface area (Å²) in [7, 11) is 1.51. The number of ether oxygens (including phenoxy) is 2. The molecule has 4 rings (SSSR count). The molecule has 1 aliphatic heterocycles. The third kappa shape index (κ3) is 4.78. The van der Waals surface area contributed by atoms with Gasteiger partial charge in [-0.1, -0.05) is 40.6 Å². The molecule has 0 spiro atoms. The van der Waals surface area contributed by atoms with E-state index in [4.69, 9.17) is 13.9 Å². The van der Waals surface area contributed by atoms with Gasteiger partial charge in [0.15, 0.2) is 4.80 Å². The summed E-state index contributed by atoms with van der Waals surface area (Å²) in [4.78, 5) is 42.3. The summed E-state index contributed by atoms with van der Waals surface area (Å²) in [5.41, 5.74) is 0.953. The van der Waals surface area contributed by atoms with Crippen molar-refractivity contribution in [2.75, 3.05) is 13.7 Å². The molecule has 1 aromatic carbocycles. The zero-order chi connectivity index (χ0) is 26.0. The lowest BCUT2D eigenvalue weighted by Crippen LogP contribution is -2.40. The summed E-state index contributed by atoms with van der Waals surface area (Å²) < 4.78 is 18.6. The maximum absolute atomic E-state index is 13.7. The third-order valence-electron chi connectivity index (χ3n) is 5.44. The molecule has 0 aliphatic carbocycles. The average molecular weight is 576 g/mol. The molecule has 0 N–H and O–H groups in total. The number of thiazole rings is 1. The van der Waals surface area contributed by atoms with E-state index in [9.17, 15) is 19.7 Å². The van der Waals surface area contributed by atoms with E-state index >= 15 is 0 Å². The lowest BCUT2D eigenvalue weighted by Gasteiger charge is -2.27. The van der Waals surface area contributed by atoms with Crippen molar-refractivity contribution in [1.29, 1.82) is 0 Å². The number of nitro groups is 1. The normalized spacial score (nSPS) is 15.4. The van der Waals surface area contributed by atoms with Crippen LogP contribution in [0.4, 0.5) is 5.88 Å². The van der Waals surface area contributed by atoms with E-state index in [1.165, 1.54) is 29.9 Å². The quantitative estimate of drug-likeness (QED) is 0.227. The van der Waals surface area contributed by atoms with Gasteiger partial charge in [0.1, 0.15) is 22.5 Å². The van der Waals surface area contributed by atoms with Crippen molar-refractivity contribution in [1.82, 2.24) is 4.57 Å². The van der Waals surface area contributed by atoms with E-state index in [2.05, 4.69) is 20.9 Å². The van der Waals surface area contributed by atoms with Gasteiger partial charge in [0.05, 0.1) is 35.6 Å². The number of allylic oxidation sites excluding steroid dienone is 1. The van der Waals surface area contributed by atoms with Crippen molar-refractivity contribution in [3.05, 3.63) is 87.2 Å². The van der Waals surface area contributed by atoms with Gasteiger partial charge in [-0.25, -0.2) is 9.79 Å². The molecule has 1 atom stereocenters. The minimum absolute atomic E-state index is 0.155. The van der Waals surface area contributed by atoms with Crippen LogP contribution in [-0.2, 0) is 9.53 Å². The highest BCUT2D eigenvalue weighted by molar-refractivity contribution is 9.10. The second-order valence-corrected chi connectivity index (χ2v) is 9.66. The highest BCUT2D eigenvalue weighted by Gasteiger charge is 2.36. The van der Waals surface area contributed by atoms with E-state index in [1.54, 1.807) is 25.1 Å². The number of halogens is 1. The number of hydrogen-bond acceptors (Lipinski definition) is 9. The number of methoxy groups -OCH3 is 1. The number of aromatic nitrogens is 1. The number of carbonyl (C=O) groups is 1. The Morgan fingerprint density at radius 2 is 2.11 bits per heavy atom. The van der Waals surface area contributed by atoms with Gasteiger partial charge in [0.25, 0.3) is 5.56 Å². The first-order valence-corrected chi connectivity index (χ1v) is 12.7. The Morgan fingerprint density at radius 3 is 2.75 bits per heavy atom. The van der Waals surface area contributed by atoms with Crippen molar-refractivity contribution < 1.29 is 23.6 Å². The van der Waals surface area contributed by atoms with Gasteiger partial charge in [-0.3, -0.25) is 19.5 Å². The standard InChI is InChI=1S/C24H22BrN3O7S/c1-4-6-16-20(23(30)34-5-2)21(15-11-13(25)7-9-17(15)33-3)27-22(29)18(36-24(27)26-16)12-14-8-10-19(35-14)28(31)32/h7-12,21H,4-6H2,1-3H3/b18-12+/t21-/m0/s1. The summed E-state index contributed by atoms with van der Waals surface area (Å²) in [6.07, 6.45) is 2.64. The number of benzene rings is 1. The molecule has 36 heavy (non-hydrogen) atoms. The van der Waals surface area contributed by atoms with E-state index in [0.717, 1.165) is 15.8 Å². The van der Waals surface area contributed by atoms with Crippen LogP contribution < -0.4 is 19.6 Å². The molecule has 10 nitrogen and oxygen atoms in total. The van der Waals surface area contributed by atoms with Crippen LogP contribution in [0.2, 0.25) is 0 Å². The van der Waals surface area contributed by atoms with Crippen LogP contribution in [-0.4, -0.2) is 29.2 Å². The van der Waals surface area contributed by atoms with E-state index in [1.807, 2.05) is 6.92 Å². The molecule has 0 radical (unpaired) electrons. The SMILES string of the molecule is CCCC1=C(C(=O)OCC)[C@H](c2cc(Br)ccc2OC)n2c(s/c(=C/c3ccc([N+](=O)[O-])o3)c2=O)=N1. The summed E-state index contributed by atoms with van der Waals surface area (Å²) in [6, 6.07) is 7.12. The summed E-state index contributed by atoms with van der Waals surface area (Å²) >= 11 is 4.58. The fraction of sp³-hybridized carbons (Fsp3) is 0.292. The number of hydrogen-bond donors (Lipinski definition) is 0. The number of carbonyl (C=O) groups excluding carboxylic acids is 1. The van der Waals surface area contributed by atoms with Crippen molar-refractivity contribution >= 4 is 45.2 Å². The van der Waals surface area contributed by atoms with Crippen LogP contribution in [0.15, 0.2) is 60.3 Å². The zero-order valence-electron chi connectivity index (χ0n) is 19.6. The number of furan rings is 1. The Morgan fingerprint density at radius 1 is 1.33 bits per heavy atom. The van der Waals surface area contributed by atoms with Gasteiger partial charge >= 0.3 is 11.9 Å². The molecule has 0 unspecified atom stereocenters. The van der Waals surface area contributed by atoms with Gasteiger partial charge in [-0.05, 0) is 37.6 Å². The molecule has 0 amide bonds. The Hall–Kier alpha value is -3.51. The fourth-order valence-corrected chi connectivity index (χ4v) is 5.36. The van der Waals surface area contributed by atoms with Crippen molar-refractivity contribution in [2.24, 2.45) is 4.99 Å². The van der Waals surface area contributed by atoms with E-state index < -0.39 is 28.4 Å². The Kier molecular flexibility index (Phi) is 7.55. The molecular weight excluding hydrogens is 554 g/mol. The Bertz CT molecular complexity index is 1550. The number of rotatable bonds is 8. The highest BCUT2D eigenvalue weighted by Crippen LogP contribution is 2.38. The minimum atomic E-state index is -0.859. The van der Waals surface area contributed by atoms with Crippen LogP contribution >= 0.6 is 27.3 Å². The molecular formula is C24H22BrN3O7S. The van der Waals surface area contributed by atoms with Gasteiger partial charge < -0.3 is 13.9 Å². The predicted octanol–water partition coefficient (Wildman–Crippen LogP) is 3.85. The monoisotopic (exact) mass is 575 g/mol. The molecule has 0 saturated carbocycles.